The number of hydrogen-bond acceptors (Lipinski definition) is 7. The van der Waals surface area contributed by atoms with Gasteiger partial charge in [0.25, 0.3) is 0 Å². The molecule has 4 heterocycles. The van der Waals surface area contributed by atoms with Gasteiger partial charge in [0.2, 0.25) is 5.91 Å². The Morgan fingerprint density at radius 2 is 1.21 bits per heavy atom. The zero-order valence-corrected chi connectivity index (χ0v) is 25.1. The molecule has 2 aromatic heterocycles. The van der Waals surface area contributed by atoms with E-state index in [2.05, 4.69) is 32.8 Å². The number of nitrogens with zero attached hydrogens (tertiary/aromatic N) is 4. The van der Waals surface area contributed by atoms with Crippen molar-refractivity contribution < 1.29 is 74.0 Å². The number of amides is 1. The van der Waals surface area contributed by atoms with Gasteiger partial charge in [-0.25, -0.2) is 14.4 Å². The van der Waals surface area contributed by atoms with Crippen LogP contribution in [0.4, 0.5) is 39.5 Å². The minimum atomic E-state index is -5.08. The fourth-order valence-electron chi connectivity index (χ4n) is 4.51. The number of aliphatic carboxylic acids is 3. The van der Waals surface area contributed by atoms with Crippen molar-refractivity contribution in [2.45, 2.75) is 64.2 Å². The summed E-state index contributed by atoms with van der Waals surface area (Å²) in [6.07, 6.45) is -5.70. The molecular formula is C28H31F9N4O7. The quantitative estimate of drug-likeness (QED) is 0.366. The maximum atomic E-state index is 13.3. The van der Waals surface area contributed by atoms with Gasteiger partial charge in [-0.15, -0.1) is 0 Å². The van der Waals surface area contributed by atoms with Gasteiger partial charge in [-0.3, -0.25) is 19.7 Å². The van der Waals surface area contributed by atoms with Crippen LogP contribution in [0, 0.1) is 12.3 Å². The van der Waals surface area contributed by atoms with Crippen molar-refractivity contribution in [1.82, 2.24) is 19.8 Å². The summed E-state index contributed by atoms with van der Waals surface area (Å²) in [4.78, 5) is 53.1. The Labute approximate surface area is 267 Å². The third kappa shape index (κ3) is 14.1. The molecule has 0 radical (unpaired) electrons. The molecule has 1 amide bonds. The van der Waals surface area contributed by atoms with Gasteiger partial charge in [0, 0.05) is 38.2 Å². The van der Waals surface area contributed by atoms with Crippen LogP contribution in [0.2, 0.25) is 0 Å². The van der Waals surface area contributed by atoms with E-state index >= 15 is 0 Å². The first-order valence-electron chi connectivity index (χ1n) is 13.7. The molecule has 0 unspecified atom stereocenters. The van der Waals surface area contributed by atoms with E-state index in [-0.39, 0.29) is 5.41 Å². The summed E-state index contributed by atoms with van der Waals surface area (Å²) in [6, 6.07) is 8.12. The molecule has 2 saturated heterocycles. The molecule has 0 saturated carbocycles. The van der Waals surface area contributed by atoms with E-state index in [9.17, 15) is 44.3 Å². The molecule has 2 aliphatic rings. The van der Waals surface area contributed by atoms with Gasteiger partial charge < -0.3 is 20.2 Å². The van der Waals surface area contributed by atoms with Gasteiger partial charge in [-0.2, -0.15) is 39.5 Å². The van der Waals surface area contributed by atoms with Crippen LogP contribution in [0.15, 0.2) is 42.9 Å². The van der Waals surface area contributed by atoms with Gasteiger partial charge in [0.05, 0.1) is 11.1 Å². The van der Waals surface area contributed by atoms with E-state index in [1.165, 1.54) is 11.1 Å². The number of carbonyl (C=O) groups excluding carboxylic acids is 1. The average molecular weight is 707 g/mol. The molecule has 48 heavy (non-hydrogen) atoms. The number of likely N-dealkylation sites (tertiary alicyclic amines) is 2. The normalized spacial score (nSPS) is 16.3. The number of halogens is 9. The first-order chi connectivity index (χ1) is 22.0. The number of rotatable bonds is 4. The highest BCUT2D eigenvalue weighted by atomic mass is 19.4. The third-order valence-corrected chi connectivity index (χ3v) is 6.98. The highest BCUT2D eigenvalue weighted by molar-refractivity contribution is 5.83. The number of carboxylic acid groups (broad SMARTS) is 3. The second kappa shape index (κ2) is 17.6. The number of aromatic nitrogens is 2. The zero-order valence-electron chi connectivity index (χ0n) is 25.1. The van der Waals surface area contributed by atoms with E-state index in [1.54, 1.807) is 12.4 Å². The third-order valence-electron chi connectivity index (χ3n) is 6.98. The van der Waals surface area contributed by atoms with Crippen LogP contribution in [0.5, 0.6) is 0 Å². The summed E-state index contributed by atoms with van der Waals surface area (Å²) in [5.74, 6) is -7.91. The summed E-state index contributed by atoms with van der Waals surface area (Å²) in [5.41, 5.74) is 3.41. The van der Waals surface area contributed by atoms with Crippen molar-refractivity contribution in [2.24, 2.45) is 5.41 Å². The molecule has 268 valence electrons. The summed E-state index contributed by atoms with van der Waals surface area (Å²) in [7, 11) is 0. The molecule has 0 aliphatic carbocycles. The van der Waals surface area contributed by atoms with E-state index in [1.807, 2.05) is 24.4 Å². The minimum absolute atomic E-state index is 0.152. The molecule has 0 bridgehead atoms. The number of aryl methyl sites for hydroxylation is 1. The van der Waals surface area contributed by atoms with Gasteiger partial charge in [0.1, 0.15) is 0 Å². The van der Waals surface area contributed by atoms with Crippen LogP contribution < -0.4 is 0 Å². The molecule has 20 heteroatoms. The van der Waals surface area contributed by atoms with Crippen molar-refractivity contribution in [3.63, 3.8) is 0 Å². The molecule has 2 fully saturated rings. The predicted octanol–water partition coefficient (Wildman–Crippen LogP) is 5.09. The van der Waals surface area contributed by atoms with Crippen LogP contribution in [0.25, 0.3) is 0 Å². The monoisotopic (exact) mass is 706 g/mol. The van der Waals surface area contributed by atoms with Crippen LogP contribution in [-0.2, 0) is 32.3 Å². The molecule has 2 aliphatic heterocycles. The van der Waals surface area contributed by atoms with Crippen molar-refractivity contribution in [3.8, 4) is 0 Å². The smallest absolute Gasteiger partial charge is 0.475 e. The Morgan fingerprint density at radius 1 is 0.750 bits per heavy atom. The predicted molar refractivity (Wildman–Crippen MR) is 146 cm³/mol. The number of carboxylic acids is 3. The second-order valence-corrected chi connectivity index (χ2v) is 10.4. The van der Waals surface area contributed by atoms with Gasteiger partial charge >= 0.3 is 36.4 Å². The van der Waals surface area contributed by atoms with Crippen molar-refractivity contribution in [2.75, 3.05) is 19.6 Å². The standard InChI is InChI=1S/C22H28N4O.3C2HF3O2/c1-18-4-2-10-24-20(18)17-25-14-8-22(9-15-25)7-3-13-26(21(22)27)16-19-5-11-23-12-6-19;3*3-2(4,5)1(6)7/h2,4-6,10-12H,3,7-9,13-17H2,1H3;3*(H,6,7). The second-order valence-electron chi connectivity index (χ2n) is 10.4. The van der Waals surface area contributed by atoms with Crippen LogP contribution >= 0.6 is 0 Å². The number of pyridine rings is 2. The van der Waals surface area contributed by atoms with Crippen molar-refractivity contribution in [1.29, 1.82) is 0 Å². The highest BCUT2D eigenvalue weighted by Gasteiger charge is 2.45. The lowest BCUT2D eigenvalue weighted by atomic mass is 9.71. The average Bonchev–Trinajstić information content (AvgIpc) is 2.98. The maximum Gasteiger partial charge on any atom is 0.490 e. The highest BCUT2D eigenvalue weighted by Crippen LogP contribution is 2.41. The van der Waals surface area contributed by atoms with Gasteiger partial charge in [-0.05, 0) is 75.0 Å². The lowest BCUT2D eigenvalue weighted by molar-refractivity contribution is -0.193. The fraction of sp³-hybridized carbons (Fsp3) is 0.500. The zero-order chi connectivity index (χ0) is 36.9. The molecular weight excluding hydrogens is 675 g/mol. The minimum Gasteiger partial charge on any atom is -0.475 e. The van der Waals surface area contributed by atoms with Crippen molar-refractivity contribution >= 4 is 23.8 Å². The lowest BCUT2D eigenvalue weighted by Crippen LogP contribution is -2.53. The van der Waals surface area contributed by atoms with E-state index in [4.69, 9.17) is 29.7 Å². The molecule has 11 nitrogen and oxygen atoms in total. The molecule has 3 N–H and O–H groups in total. The SMILES string of the molecule is Cc1cccnc1CN1CCC2(CCCN(Cc3ccncc3)C2=O)CC1.O=C(O)C(F)(F)F.O=C(O)C(F)(F)F.O=C(O)C(F)(F)F. The summed E-state index contributed by atoms with van der Waals surface area (Å²) in [6.45, 7) is 6.54. The number of hydrogen-bond donors (Lipinski definition) is 3. The van der Waals surface area contributed by atoms with E-state index in [0.29, 0.717) is 12.5 Å². The van der Waals surface area contributed by atoms with E-state index < -0.39 is 36.4 Å². The molecule has 1 spiro atoms. The number of alkyl halides is 9. The maximum absolute atomic E-state index is 13.3. The first kappa shape index (κ1) is 41.5. The molecule has 0 aromatic carbocycles. The Morgan fingerprint density at radius 3 is 1.62 bits per heavy atom. The largest absolute Gasteiger partial charge is 0.490 e. The Hall–Kier alpha value is -4.49. The Kier molecular flexibility index (Phi) is 15.2. The molecule has 0 atom stereocenters. The summed E-state index contributed by atoms with van der Waals surface area (Å²) >= 11 is 0. The Bertz CT molecular complexity index is 1310. The topological polar surface area (TPSA) is 161 Å². The summed E-state index contributed by atoms with van der Waals surface area (Å²) in [5, 5.41) is 21.4. The van der Waals surface area contributed by atoms with Gasteiger partial charge in [0.15, 0.2) is 0 Å². The Balaban J connectivity index is 0.000000448. The van der Waals surface area contributed by atoms with Crippen LogP contribution in [0.3, 0.4) is 0 Å². The number of carbonyl (C=O) groups is 4. The fourth-order valence-corrected chi connectivity index (χ4v) is 4.51. The summed E-state index contributed by atoms with van der Waals surface area (Å²) < 4.78 is 95.2. The number of piperidine rings is 2. The molecule has 2 aromatic rings. The van der Waals surface area contributed by atoms with Crippen LogP contribution in [-0.4, -0.2) is 97.1 Å². The van der Waals surface area contributed by atoms with Crippen LogP contribution in [0.1, 0.15) is 42.5 Å². The van der Waals surface area contributed by atoms with E-state index in [0.717, 1.165) is 57.6 Å². The van der Waals surface area contributed by atoms with Gasteiger partial charge in [-0.1, -0.05) is 6.07 Å². The lowest BCUT2D eigenvalue weighted by Gasteiger charge is -2.46. The molecule has 4 rings (SSSR count). The first-order valence-corrected chi connectivity index (χ1v) is 13.7. The van der Waals surface area contributed by atoms with Crippen molar-refractivity contribution in [3.05, 3.63) is 59.7 Å².